The van der Waals surface area contributed by atoms with Gasteiger partial charge in [-0.1, -0.05) is 34.1 Å². The third-order valence-electron chi connectivity index (χ3n) is 12.0. The molecule has 6 aliphatic rings. The van der Waals surface area contributed by atoms with Gasteiger partial charge in [0.2, 0.25) is 0 Å². The summed E-state index contributed by atoms with van der Waals surface area (Å²) in [6, 6.07) is 0. The molecule has 4 saturated carbocycles. The van der Waals surface area contributed by atoms with Crippen molar-refractivity contribution in [2.24, 2.45) is 52.3 Å². The van der Waals surface area contributed by atoms with Gasteiger partial charge in [0.25, 0.3) is 0 Å². The van der Waals surface area contributed by atoms with Crippen molar-refractivity contribution >= 4 is 0 Å². The summed E-state index contributed by atoms with van der Waals surface area (Å²) in [6.07, 6.45) is 12.9. The summed E-state index contributed by atoms with van der Waals surface area (Å²) >= 11 is 0. The number of hydrogen-bond acceptors (Lipinski definition) is 3. The van der Waals surface area contributed by atoms with Crippen LogP contribution in [0.2, 0.25) is 0 Å². The van der Waals surface area contributed by atoms with Gasteiger partial charge < -0.3 is 14.6 Å². The molecule has 2 saturated heterocycles. The topological polar surface area (TPSA) is 38.7 Å². The number of hydrogen-bond donors (Lipinski definition) is 1. The van der Waals surface area contributed by atoms with Crippen molar-refractivity contribution in [3.8, 4) is 0 Å². The summed E-state index contributed by atoms with van der Waals surface area (Å²) in [5.74, 6) is 4.58. The lowest BCUT2D eigenvalue weighted by atomic mass is 9.44. The normalized spacial score (nSPS) is 62.5. The van der Waals surface area contributed by atoms with Gasteiger partial charge in [-0.25, -0.2) is 0 Å². The fourth-order valence-electron chi connectivity index (χ4n) is 10.3. The monoisotopic (exact) mass is 416 g/mol. The first kappa shape index (κ1) is 20.5. The molecular formula is C27H44O3. The molecule has 0 radical (unpaired) electrons. The van der Waals surface area contributed by atoms with Crippen LogP contribution in [0.25, 0.3) is 0 Å². The van der Waals surface area contributed by atoms with Gasteiger partial charge in [0.15, 0.2) is 5.79 Å². The van der Waals surface area contributed by atoms with Crippen molar-refractivity contribution in [3.05, 3.63) is 0 Å². The molecule has 170 valence electrons. The van der Waals surface area contributed by atoms with Crippen LogP contribution in [-0.2, 0) is 9.47 Å². The highest BCUT2D eigenvalue weighted by atomic mass is 16.7. The predicted molar refractivity (Wildman–Crippen MR) is 118 cm³/mol. The van der Waals surface area contributed by atoms with Crippen molar-refractivity contribution in [2.45, 2.75) is 110 Å². The Balaban J connectivity index is 1.28. The van der Waals surface area contributed by atoms with E-state index in [0.29, 0.717) is 29.3 Å². The Morgan fingerprint density at radius 1 is 0.900 bits per heavy atom. The van der Waals surface area contributed by atoms with E-state index in [0.717, 1.165) is 43.1 Å². The average Bonchev–Trinajstić information content (AvgIpc) is 3.16. The quantitative estimate of drug-likeness (QED) is 0.543. The van der Waals surface area contributed by atoms with Crippen molar-refractivity contribution in [1.29, 1.82) is 0 Å². The second kappa shape index (κ2) is 6.70. The van der Waals surface area contributed by atoms with Crippen molar-refractivity contribution in [2.75, 3.05) is 6.61 Å². The minimum atomic E-state index is -0.296. The SMILES string of the molecule is CC1CC[C@@]2(OC1)O[C@H]1C[C@H]3[C@@H]4CCC5CCCC(O)[C@]5(C)[C@H]4CC[C@]3(C)[C@H]1[C@@H]2C. The molecule has 1 N–H and O–H groups in total. The first-order valence-corrected chi connectivity index (χ1v) is 13.3. The van der Waals surface area contributed by atoms with Crippen LogP contribution < -0.4 is 0 Å². The van der Waals surface area contributed by atoms with Gasteiger partial charge in [-0.05, 0) is 97.7 Å². The van der Waals surface area contributed by atoms with E-state index in [1.807, 2.05) is 0 Å². The molecule has 0 amide bonds. The Kier molecular flexibility index (Phi) is 4.58. The largest absolute Gasteiger partial charge is 0.393 e. The maximum atomic E-state index is 11.2. The molecule has 2 heterocycles. The van der Waals surface area contributed by atoms with Crippen LogP contribution in [-0.4, -0.2) is 29.7 Å². The molecule has 6 rings (SSSR count). The van der Waals surface area contributed by atoms with Crippen LogP contribution in [0.1, 0.15) is 91.9 Å². The third-order valence-corrected chi connectivity index (χ3v) is 12.0. The lowest BCUT2D eigenvalue weighted by Gasteiger charge is -2.62. The van der Waals surface area contributed by atoms with E-state index in [2.05, 4.69) is 27.7 Å². The highest BCUT2D eigenvalue weighted by molar-refractivity contribution is 5.16. The summed E-state index contributed by atoms with van der Waals surface area (Å²) in [4.78, 5) is 0. The van der Waals surface area contributed by atoms with Crippen LogP contribution in [0.4, 0.5) is 0 Å². The molecule has 4 aliphatic carbocycles. The van der Waals surface area contributed by atoms with E-state index >= 15 is 0 Å². The summed E-state index contributed by atoms with van der Waals surface area (Å²) in [5, 5.41) is 11.2. The molecule has 3 nitrogen and oxygen atoms in total. The lowest BCUT2D eigenvalue weighted by Crippen LogP contribution is -2.58. The van der Waals surface area contributed by atoms with Crippen LogP contribution in [0.5, 0.6) is 0 Å². The molecule has 0 aromatic carbocycles. The van der Waals surface area contributed by atoms with Crippen LogP contribution in [0.3, 0.4) is 0 Å². The molecule has 1 spiro atoms. The maximum Gasteiger partial charge on any atom is 0.171 e. The highest BCUT2D eigenvalue weighted by Gasteiger charge is 2.69. The maximum absolute atomic E-state index is 11.2. The number of aliphatic hydroxyl groups excluding tert-OH is 1. The number of ether oxygens (including phenoxy) is 2. The van der Waals surface area contributed by atoms with Crippen LogP contribution >= 0.6 is 0 Å². The Labute approximate surface area is 183 Å². The molecule has 2 aliphatic heterocycles. The molecule has 6 fully saturated rings. The smallest absolute Gasteiger partial charge is 0.171 e. The summed E-state index contributed by atoms with van der Waals surface area (Å²) < 4.78 is 13.4. The van der Waals surface area contributed by atoms with Crippen molar-refractivity contribution in [3.63, 3.8) is 0 Å². The predicted octanol–water partition coefficient (Wildman–Crippen LogP) is 5.79. The molecule has 0 aromatic rings. The van der Waals surface area contributed by atoms with Gasteiger partial charge in [-0.3, -0.25) is 0 Å². The Hall–Kier alpha value is -0.120. The molecule has 12 atom stereocenters. The van der Waals surface area contributed by atoms with Gasteiger partial charge in [0.1, 0.15) is 0 Å². The molecule has 30 heavy (non-hydrogen) atoms. The first-order valence-electron chi connectivity index (χ1n) is 13.3. The summed E-state index contributed by atoms with van der Waals surface area (Å²) in [7, 11) is 0. The van der Waals surface area contributed by atoms with E-state index in [4.69, 9.17) is 9.47 Å². The van der Waals surface area contributed by atoms with E-state index in [9.17, 15) is 5.11 Å². The van der Waals surface area contributed by atoms with Gasteiger partial charge in [-0.15, -0.1) is 0 Å². The van der Waals surface area contributed by atoms with Gasteiger partial charge >= 0.3 is 0 Å². The van der Waals surface area contributed by atoms with Gasteiger partial charge in [0.05, 0.1) is 18.8 Å². The Morgan fingerprint density at radius 2 is 1.73 bits per heavy atom. The fraction of sp³-hybridized carbons (Fsp3) is 1.00. The van der Waals surface area contributed by atoms with Gasteiger partial charge in [0, 0.05) is 12.3 Å². The standard InChI is InChI=1S/C27H44O3/c1-16-10-13-27(29-15-16)17(2)24-22(30-27)14-21-19-9-8-18-6-5-7-23(28)26(18,4)20(19)11-12-25(21,24)3/h16-24,28H,5-15H2,1-4H3/t16?,17-,18?,19+,20-,21-,22-,23?,24-,25-,26-,27+/m0/s1. The summed E-state index contributed by atoms with van der Waals surface area (Å²) in [6.45, 7) is 10.7. The average molecular weight is 417 g/mol. The van der Waals surface area contributed by atoms with E-state index in [1.165, 1.54) is 51.4 Å². The zero-order valence-electron chi connectivity index (χ0n) is 19.7. The van der Waals surface area contributed by atoms with Gasteiger partial charge in [-0.2, -0.15) is 0 Å². The zero-order chi connectivity index (χ0) is 20.9. The van der Waals surface area contributed by atoms with Crippen molar-refractivity contribution in [1.82, 2.24) is 0 Å². The molecule has 3 unspecified atom stereocenters. The Morgan fingerprint density at radius 3 is 2.50 bits per heavy atom. The molecule has 0 aromatic heterocycles. The molecular weight excluding hydrogens is 372 g/mol. The second-order valence-electron chi connectivity index (χ2n) is 13.0. The minimum absolute atomic E-state index is 0.0784. The summed E-state index contributed by atoms with van der Waals surface area (Å²) in [5.41, 5.74) is 0.556. The lowest BCUT2D eigenvalue weighted by molar-refractivity contribution is -0.273. The van der Waals surface area contributed by atoms with Crippen molar-refractivity contribution < 1.29 is 14.6 Å². The fourth-order valence-corrected chi connectivity index (χ4v) is 10.3. The zero-order valence-corrected chi connectivity index (χ0v) is 19.7. The first-order chi connectivity index (χ1) is 14.3. The number of fused-ring (bicyclic) bond motifs is 7. The highest BCUT2D eigenvalue weighted by Crippen LogP contribution is 2.71. The van der Waals surface area contributed by atoms with Crippen LogP contribution in [0.15, 0.2) is 0 Å². The number of rotatable bonds is 0. The molecule has 3 heteroatoms. The third kappa shape index (κ3) is 2.49. The van der Waals surface area contributed by atoms with E-state index < -0.39 is 0 Å². The van der Waals surface area contributed by atoms with E-state index in [1.54, 1.807) is 0 Å². The molecule has 0 bridgehead atoms. The second-order valence-corrected chi connectivity index (χ2v) is 13.0. The number of aliphatic hydroxyl groups is 1. The minimum Gasteiger partial charge on any atom is -0.393 e. The van der Waals surface area contributed by atoms with E-state index in [-0.39, 0.29) is 17.3 Å². The van der Waals surface area contributed by atoms with Crippen LogP contribution in [0, 0.1) is 52.3 Å². The Bertz CT molecular complexity index is 684.